The summed E-state index contributed by atoms with van der Waals surface area (Å²) < 4.78 is 5.31. The van der Waals surface area contributed by atoms with Gasteiger partial charge in [0, 0.05) is 6.54 Å². The van der Waals surface area contributed by atoms with Gasteiger partial charge in [-0.05, 0) is 6.92 Å². The number of nitrogens with zero attached hydrogens (tertiary/aromatic N) is 3. The molecule has 1 aromatic heterocycles. The van der Waals surface area contributed by atoms with Crippen LogP contribution in [-0.2, 0) is 4.74 Å². The molecule has 0 aliphatic carbocycles. The SMILES string of the molecule is C[C@H]1COCCN1c1cnc(C(=O)O)cn1. The Bertz CT molecular complexity index is 379. The average Bonchev–Trinajstić information content (AvgIpc) is 2.30. The van der Waals surface area contributed by atoms with Gasteiger partial charge in [-0.3, -0.25) is 0 Å². The molecule has 0 aromatic carbocycles. The van der Waals surface area contributed by atoms with Crippen molar-refractivity contribution in [3.05, 3.63) is 18.1 Å². The van der Waals surface area contributed by atoms with Gasteiger partial charge in [-0.2, -0.15) is 0 Å². The van der Waals surface area contributed by atoms with E-state index in [0.717, 1.165) is 6.54 Å². The van der Waals surface area contributed by atoms with Crippen molar-refractivity contribution >= 4 is 11.8 Å². The molecule has 1 atom stereocenters. The second-order valence-corrected chi connectivity index (χ2v) is 3.68. The topological polar surface area (TPSA) is 75.5 Å². The first-order chi connectivity index (χ1) is 7.68. The van der Waals surface area contributed by atoms with Gasteiger partial charge < -0.3 is 14.7 Å². The van der Waals surface area contributed by atoms with E-state index in [9.17, 15) is 4.79 Å². The summed E-state index contributed by atoms with van der Waals surface area (Å²) in [5.74, 6) is -0.366. The van der Waals surface area contributed by atoms with Gasteiger partial charge in [-0.25, -0.2) is 14.8 Å². The van der Waals surface area contributed by atoms with Crippen LogP contribution in [0.3, 0.4) is 0 Å². The highest BCUT2D eigenvalue weighted by Gasteiger charge is 2.20. The van der Waals surface area contributed by atoms with Crippen molar-refractivity contribution in [1.82, 2.24) is 9.97 Å². The fourth-order valence-electron chi connectivity index (χ4n) is 1.65. The molecular weight excluding hydrogens is 210 g/mol. The van der Waals surface area contributed by atoms with Gasteiger partial charge in [0.15, 0.2) is 5.69 Å². The fourth-order valence-corrected chi connectivity index (χ4v) is 1.65. The minimum Gasteiger partial charge on any atom is -0.476 e. The summed E-state index contributed by atoms with van der Waals surface area (Å²) in [7, 11) is 0. The maximum Gasteiger partial charge on any atom is 0.356 e. The lowest BCUT2D eigenvalue weighted by Gasteiger charge is -2.33. The molecule has 16 heavy (non-hydrogen) atoms. The maximum absolute atomic E-state index is 10.6. The number of hydrogen-bond donors (Lipinski definition) is 1. The number of hydrogen-bond acceptors (Lipinski definition) is 5. The Kier molecular flexibility index (Phi) is 3.00. The molecule has 2 heterocycles. The number of morpholine rings is 1. The first kappa shape index (κ1) is 10.8. The lowest BCUT2D eigenvalue weighted by atomic mass is 10.2. The Morgan fingerprint density at radius 1 is 1.56 bits per heavy atom. The standard InChI is InChI=1S/C10H13N3O3/c1-7-6-16-3-2-13(7)9-5-11-8(4-12-9)10(14)15/h4-5,7H,2-3,6H2,1H3,(H,14,15)/t7-/m0/s1. The predicted molar refractivity (Wildman–Crippen MR) is 56.6 cm³/mol. The van der Waals surface area contributed by atoms with Crippen LogP contribution < -0.4 is 4.90 Å². The van der Waals surface area contributed by atoms with Crippen LogP contribution >= 0.6 is 0 Å². The highest BCUT2D eigenvalue weighted by atomic mass is 16.5. The van der Waals surface area contributed by atoms with E-state index in [-0.39, 0.29) is 11.7 Å². The number of aromatic carboxylic acids is 1. The maximum atomic E-state index is 10.6. The molecule has 86 valence electrons. The summed E-state index contributed by atoms with van der Waals surface area (Å²) in [5.41, 5.74) is -0.0373. The van der Waals surface area contributed by atoms with E-state index in [1.165, 1.54) is 12.4 Å². The van der Waals surface area contributed by atoms with Gasteiger partial charge in [0.2, 0.25) is 0 Å². The minimum absolute atomic E-state index is 0.0373. The molecule has 0 radical (unpaired) electrons. The molecule has 1 aliphatic heterocycles. The number of carbonyl (C=O) groups is 1. The Labute approximate surface area is 92.9 Å². The van der Waals surface area contributed by atoms with Gasteiger partial charge in [0.25, 0.3) is 0 Å². The van der Waals surface area contributed by atoms with Gasteiger partial charge in [0.05, 0.1) is 31.6 Å². The molecule has 0 spiro atoms. The number of ether oxygens (including phenoxy) is 1. The third-order valence-electron chi connectivity index (χ3n) is 2.52. The quantitative estimate of drug-likeness (QED) is 0.782. The lowest BCUT2D eigenvalue weighted by Crippen LogP contribution is -2.44. The van der Waals surface area contributed by atoms with E-state index in [2.05, 4.69) is 14.9 Å². The minimum atomic E-state index is -1.06. The molecule has 0 bridgehead atoms. The fraction of sp³-hybridized carbons (Fsp3) is 0.500. The molecule has 6 heteroatoms. The Balaban J connectivity index is 2.17. The van der Waals surface area contributed by atoms with E-state index >= 15 is 0 Å². The molecule has 1 aliphatic rings. The molecule has 1 N–H and O–H groups in total. The smallest absolute Gasteiger partial charge is 0.356 e. The number of aromatic nitrogens is 2. The van der Waals surface area contributed by atoms with Crippen molar-refractivity contribution in [2.45, 2.75) is 13.0 Å². The van der Waals surface area contributed by atoms with Crippen molar-refractivity contribution in [3.8, 4) is 0 Å². The lowest BCUT2D eigenvalue weighted by molar-refractivity contribution is 0.0690. The summed E-state index contributed by atoms with van der Waals surface area (Å²) in [4.78, 5) is 20.6. The number of rotatable bonds is 2. The number of carboxylic acid groups (broad SMARTS) is 1. The number of anilines is 1. The first-order valence-electron chi connectivity index (χ1n) is 5.08. The van der Waals surface area contributed by atoms with Crippen molar-refractivity contribution in [1.29, 1.82) is 0 Å². The van der Waals surface area contributed by atoms with Crippen LogP contribution in [0.5, 0.6) is 0 Å². The van der Waals surface area contributed by atoms with Gasteiger partial charge in [-0.15, -0.1) is 0 Å². The summed E-state index contributed by atoms with van der Waals surface area (Å²) in [5, 5.41) is 8.70. The van der Waals surface area contributed by atoms with Crippen LogP contribution in [0.2, 0.25) is 0 Å². The highest BCUT2D eigenvalue weighted by molar-refractivity contribution is 5.84. The first-order valence-corrected chi connectivity index (χ1v) is 5.08. The molecule has 0 saturated carbocycles. The van der Waals surface area contributed by atoms with Gasteiger partial charge in [0.1, 0.15) is 5.82 Å². The van der Waals surface area contributed by atoms with Gasteiger partial charge >= 0.3 is 5.97 Å². The third kappa shape index (κ3) is 2.11. The monoisotopic (exact) mass is 223 g/mol. The van der Waals surface area contributed by atoms with E-state index in [1.54, 1.807) is 0 Å². The van der Waals surface area contributed by atoms with E-state index in [4.69, 9.17) is 9.84 Å². The predicted octanol–water partition coefficient (Wildman–Crippen LogP) is 0.400. The van der Waals surface area contributed by atoms with Crippen molar-refractivity contribution in [2.24, 2.45) is 0 Å². The summed E-state index contributed by atoms with van der Waals surface area (Å²) in [6, 6.07) is 0.235. The Morgan fingerprint density at radius 2 is 2.38 bits per heavy atom. The zero-order valence-corrected chi connectivity index (χ0v) is 8.96. The van der Waals surface area contributed by atoms with Crippen LogP contribution in [0.1, 0.15) is 17.4 Å². The van der Waals surface area contributed by atoms with Crippen molar-refractivity contribution in [3.63, 3.8) is 0 Å². The molecule has 1 aromatic rings. The van der Waals surface area contributed by atoms with Crippen LogP contribution in [0.15, 0.2) is 12.4 Å². The Morgan fingerprint density at radius 3 is 2.94 bits per heavy atom. The second-order valence-electron chi connectivity index (χ2n) is 3.68. The Hall–Kier alpha value is -1.69. The molecule has 1 saturated heterocycles. The summed E-state index contributed by atoms with van der Waals surface area (Å²) in [6.07, 6.45) is 2.77. The highest BCUT2D eigenvalue weighted by Crippen LogP contribution is 2.15. The molecule has 2 rings (SSSR count). The molecule has 1 fully saturated rings. The van der Waals surface area contributed by atoms with Crippen molar-refractivity contribution in [2.75, 3.05) is 24.7 Å². The van der Waals surface area contributed by atoms with Crippen molar-refractivity contribution < 1.29 is 14.6 Å². The molecular formula is C10H13N3O3. The molecule has 0 amide bonds. The summed E-state index contributed by atoms with van der Waals surface area (Å²) in [6.45, 7) is 4.10. The second kappa shape index (κ2) is 4.44. The normalized spacial score (nSPS) is 20.8. The largest absolute Gasteiger partial charge is 0.476 e. The number of carboxylic acids is 1. The van der Waals surface area contributed by atoms with E-state index in [0.29, 0.717) is 19.0 Å². The van der Waals surface area contributed by atoms with Gasteiger partial charge in [-0.1, -0.05) is 0 Å². The van der Waals surface area contributed by atoms with Crippen LogP contribution in [0, 0.1) is 0 Å². The van der Waals surface area contributed by atoms with Crippen LogP contribution in [0.4, 0.5) is 5.82 Å². The van der Waals surface area contributed by atoms with E-state index in [1.807, 2.05) is 6.92 Å². The van der Waals surface area contributed by atoms with E-state index < -0.39 is 5.97 Å². The average molecular weight is 223 g/mol. The third-order valence-corrected chi connectivity index (χ3v) is 2.52. The van der Waals surface area contributed by atoms with Crippen LogP contribution in [0.25, 0.3) is 0 Å². The molecule has 0 unspecified atom stereocenters. The summed E-state index contributed by atoms with van der Waals surface area (Å²) >= 11 is 0. The molecule has 6 nitrogen and oxygen atoms in total. The zero-order chi connectivity index (χ0) is 11.5. The van der Waals surface area contributed by atoms with Crippen LogP contribution in [-0.4, -0.2) is 46.8 Å². The zero-order valence-electron chi connectivity index (χ0n) is 8.96.